The highest BCUT2D eigenvalue weighted by Gasteiger charge is 2.11. The van der Waals surface area contributed by atoms with E-state index >= 15 is 0 Å². The molecule has 0 unspecified atom stereocenters. The molecule has 1 aromatic carbocycles. The molecule has 0 bridgehead atoms. The van der Waals surface area contributed by atoms with Gasteiger partial charge in [0, 0.05) is 25.2 Å². The second kappa shape index (κ2) is 6.39. The molecule has 0 aliphatic rings. The summed E-state index contributed by atoms with van der Waals surface area (Å²) in [6.07, 6.45) is 0. The third-order valence-corrected chi connectivity index (χ3v) is 3.50. The summed E-state index contributed by atoms with van der Waals surface area (Å²) in [5.74, 6) is 0.182. The zero-order valence-corrected chi connectivity index (χ0v) is 13.1. The van der Waals surface area contributed by atoms with Gasteiger partial charge in [-0.2, -0.15) is 0 Å². The van der Waals surface area contributed by atoms with Gasteiger partial charge in [-0.3, -0.25) is 4.79 Å². The van der Waals surface area contributed by atoms with Crippen molar-refractivity contribution in [1.82, 2.24) is 4.98 Å². The third kappa shape index (κ3) is 3.14. The first kappa shape index (κ1) is 15.7. The van der Waals surface area contributed by atoms with Crippen LogP contribution in [0.15, 0.2) is 36.4 Å². The Hall–Kier alpha value is -2.69. The van der Waals surface area contributed by atoms with Gasteiger partial charge < -0.3 is 9.64 Å². The predicted molar refractivity (Wildman–Crippen MR) is 84.8 cm³/mol. The predicted octanol–water partition coefficient (Wildman–Crippen LogP) is 2.83. The van der Waals surface area contributed by atoms with Crippen molar-refractivity contribution in [3.63, 3.8) is 0 Å². The molecule has 0 aliphatic carbocycles. The number of carbonyl (C=O) groups excluding carboxylic acids is 2. The molecule has 0 fully saturated rings. The molecule has 0 atom stereocenters. The molecule has 5 nitrogen and oxygen atoms in total. The van der Waals surface area contributed by atoms with Crippen molar-refractivity contribution < 1.29 is 14.3 Å². The number of rotatable bonds is 3. The Morgan fingerprint density at radius 2 is 1.73 bits per heavy atom. The van der Waals surface area contributed by atoms with E-state index in [4.69, 9.17) is 0 Å². The Labute approximate surface area is 129 Å². The fourth-order valence-corrected chi connectivity index (χ4v) is 2.10. The maximum absolute atomic E-state index is 11.4. The Bertz CT molecular complexity index is 708. The Morgan fingerprint density at radius 3 is 2.23 bits per heavy atom. The molecular formula is C17H18N2O3. The summed E-state index contributed by atoms with van der Waals surface area (Å²) in [6, 6.07) is 10.9. The standard InChI is InChI=1S/C17H18N2O3/c1-11-15(9-10-16(18-11)19(3)12(2)20)13-5-7-14(8-6-13)17(21)22-4/h5-10H,1-4H3. The number of carbonyl (C=O) groups is 2. The number of benzene rings is 1. The van der Waals surface area contributed by atoms with Crippen LogP contribution < -0.4 is 4.90 Å². The van der Waals surface area contributed by atoms with Gasteiger partial charge in [-0.15, -0.1) is 0 Å². The Kier molecular flexibility index (Phi) is 4.56. The number of anilines is 1. The zero-order valence-electron chi connectivity index (χ0n) is 13.1. The summed E-state index contributed by atoms with van der Waals surface area (Å²) in [5, 5.41) is 0. The summed E-state index contributed by atoms with van der Waals surface area (Å²) in [6.45, 7) is 3.39. The minimum Gasteiger partial charge on any atom is -0.465 e. The monoisotopic (exact) mass is 298 g/mol. The SMILES string of the molecule is COC(=O)c1ccc(-c2ccc(N(C)C(C)=O)nc2C)cc1. The van der Waals surface area contributed by atoms with E-state index in [2.05, 4.69) is 9.72 Å². The van der Waals surface area contributed by atoms with Crippen molar-refractivity contribution in [1.29, 1.82) is 0 Å². The summed E-state index contributed by atoms with van der Waals surface area (Å²) < 4.78 is 4.68. The average Bonchev–Trinajstić information content (AvgIpc) is 2.53. The number of pyridine rings is 1. The summed E-state index contributed by atoms with van der Waals surface area (Å²) in [5.41, 5.74) is 3.23. The van der Waals surface area contributed by atoms with Crippen molar-refractivity contribution in [2.24, 2.45) is 0 Å². The van der Waals surface area contributed by atoms with Crippen LogP contribution in [0, 0.1) is 6.92 Å². The maximum Gasteiger partial charge on any atom is 0.337 e. The molecule has 0 aliphatic heterocycles. The molecule has 1 heterocycles. The first-order chi connectivity index (χ1) is 10.4. The molecule has 1 amide bonds. The highest BCUT2D eigenvalue weighted by molar-refractivity contribution is 5.91. The van der Waals surface area contributed by atoms with E-state index < -0.39 is 0 Å². The van der Waals surface area contributed by atoms with Crippen LogP contribution in [0.25, 0.3) is 11.1 Å². The number of hydrogen-bond donors (Lipinski definition) is 0. The van der Waals surface area contributed by atoms with E-state index in [0.29, 0.717) is 11.4 Å². The maximum atomic E-state index is 11.4. The number of esters is 1. The molecule has 2 rings (SSSR count). The number of hydrogen-bond acceptors (Lipinski definition) is 4. The van der Waals surface area contributed by atoms with Crippen LogP contribution in [-0.4, -0.2) is 31.0 Å². The molecular weight excluding hydrogens is 280 g/mol. The number of methoxy groups -OCH3 is 1. The second-order valence-corrected chi connectivity index (χ2v) is 4.95. The number of aromatic nitrogens is 1. The van der Waals surface area contributed by atoms with Gasteiger partial charge in [0.05, 0.1) is 12.7 Å². The largest absolute Gasteiger partial charge is 0.465 e. The highest BCUT2D eigenvalue weighted by atomic mass is 16.5. The fourth-order valence-electron chi connectivity index (χ4n) is 2.10. The minimum atomic E-state index is -0.361. The first-order valence-electron chi connectivity index (χ1n) is 6.84. The number of amides is 1. The topological polar surface area (TPSA) is 59.5 Å². The van der Waals surface area contributed by atoms with Crippen molar-refractivity contribution >= 4 is 17.7 Å². The molecule has 0 N–H and O–H groups in total. The van der Waals surface area contributed by atoms with Crippen molar-refractivity contribution in [2.45, 2.75) is 13.8 Å². The fraction of sp³-hybridized carbons (Fsp3) is 0.235. The molecule has 114 valence electrons. The molecule has 0 saturated carbocycles. The summed E-state index contributed by atoms with van der Waals surface area (Å²) in [4.78, 5) is 28.8. The lowest BCUT2D eigenvalue weighted by Crippen LogP contribution is -2.24. The van der Waals surface area contributed by atoms with E-state index in [1.54, 1.807) is 25.2 Å². The molecule has 2 aromatic rings. The van der Waals surface area contributed by atoms with Crippen LogP contribution in [0.2, 0.25) is 0 Å². The van der Waals surface area contributed by atoms with E-state index in [-0.39, 0.29) is 11.9 Å². The third-order valence-electron chi connectivity index (χ3n) is 3.50. The second-order valence-electron chi connectivity index (χ2n) is 4.95. The highest BCUT2D eigenvalue weighted by Crippen LogP contribution is 2.25. The summed E-state index contributed by atoms with van der Waals surface area (Å²) in [7, 11) is 3.05. The van der Waals surface area contributed by atoms with Gasteiger partial charge in [-0.1, -0.05) is 12.1 Å². The van der Waals surface area contributed by atoms with E-state index in [9.17, 15) is 9.59 Å². The lowest BCUT2D eigenvalue weighted by atomic mass is 10.0. The average molecular weight is 298 g/mol. The van der Waals surface area contributed by atoms with E-state index in [0.717, 1.165) is 16.8 Å². The van der Waals surface area contributed by atoms with Gasteiger partial charge in [0.15, 0.2) is 0 Å². The van der Waals surface area contributed by atoms with Gasteiger partial charge in [-0.25, -0.2) is 9.78 Å². The van der Waals surface area contributed by atoms with Crippen LogP contribution in [0.5, 0.6) is 0 Å². The van der Waals surface area contributed by atoms with Gasteiger partial charge in [0.25, 0.3) is 0 Å². The Morgan fingerprint density at radius 1 is 1.09 bits per heavy atom. The van der Waals surface area contributed by atoms with Crippen LogP contribution in [0.3, 0.4) is 0 Å². The first-order valence-corrected chi connectivity index (χ1v) is 6.84. The lowest BCUT2D eigenvalue weighted by molar-refractivity contribution is -0.116. The number of nitrogens with zero attached hydrogens (tertiary/aromatic N) is 2. The van der Waals surface area contributed by atoms with E-state index in [1.807, 2.05) is 25.1 Å². The van der Waals surface area contributed by atoms with Gasteiger partial charge >= 0.3 is 5.97 Å². The van der Waals surface area contributed by atoms with Crippen LogP contribution in [-0.2, 0) is 9.53 Å². The molecule has 1 aromatic heterocycles. The molecule has 22 heavy (non-hydrogen) atoms. The molecule has 0 spiro atoms. The lowest BCUT2D eigenvalue weighted by Gasteiger charge is -2.15. The summed E-state index contributed by atoms with van der Waals surface area (Å²) >= 11 is 0. The zero-order chi connectivity index (χ0) is 16.3. The van der Waals surface area contributed by atoms with Crippen molar-refractivity contribution in [3.05, 3.63) is 47.7 Å². The van der Waals surface area contributed by atoms with Crippen molar-refractivity contribution in [2.75, 3.05) is 19.1 Å². The van der Waals surface area contributed by atoms with E-state index in [1.165, 1.54) is 18.9 Å². The molecule has 0 saturated heterocycles. The molecule has 0 radical (unpaired) electrons. The van der Waals surface area contributed by atoms with Crippen molar-refractivity contribution in [3.8, 4) is 11.1 Å². The van der Waals surface area contributed by atoms with Crippen LogP contribution in [0.1, 0.15) is 23.0 Å². The number of aryl methyl sites for hydroxylation is 1. The van der Waals surface area contributed by atoms with Gasteiger partial charge in [-0.05, 0) is 36.8 Å². The quantitative estimate of drug-likeness (QED) is 0.818. The van der Waals surface area contributed by atoms with Crippen LogP contribution >= 0.6 is 0 Å². The smallest absolute Gasteiger partial charge is 0.337 e. The Balaban J connectivity index is 2.33. The van der Waals surface area contributed by atoms with Gasteiger partial charge in [0.2, 0.25) is 5.91 Å². The molecule has 5 heteroatoms. The minimum absolute atomic E-state index is 0.0675. The normalized spacial score (nSPS) is 10.2. The van der Waals surface area contributed by atoms with Crippen LogP contribution in [0.4, 0.5) is 5.82 Å². The van der Waals surface area contributed by atoms with Gasteiger partial charge in [0.1, 0.15) is 5.82 Å². The number of ether oxygens (including phenoxy) is 1.